The number of nitrogens with zero attached hydrogens (tertiary/aromatic N) is 2. The minimum Gasteiger partial charge on any atom is -0.490 e. The molecule has 1 aromatic rings. The smallest absolute Gasteiger partial charge is 0.139 e. The molecule has 0 amide bonds. The molecule has 2 fully saturated rings. The summed E-state index contributed by atoms with van der Waals surface area (Å²) >= 11 is 0. The molecular weight excluding hydrogens is 262 g/mol. The van der Waals surface area contributed by atoms with Crippen LogP contribution < -0.4 is 15.0 Å². The van der Waals surface area contributed by atoms with E-state index in [1.807, 2.05) is 12.4 Å². The molecule has 106 valence electrons. The fourth-order valence-corrected chi connectivity index (χ4v) is 2.73. The van der Waals surface area contributed by atoms with Gasteiger partial charge in [-0.3, -0.25) is 4.98 Å². The first-order chi connectivity index (χ1) is 8.92. The summed E-state index contributed by atoms with van der Waals surface area (Å²) in [6.07, 6.45) is 8.81. The molecule has 5 heteroatoms. The van der Waals surface area contributed by atoms with Crippen molar-refractivity contribution in [2.24, 2.45) is 0 Å². The van der Waals surface area contributed by atoms with Crippen molar-refractivity contribution in [3.63, 3.8) is 0 Å². The number of halogens is 1. The average molecular weight is 284 g/mol. The van der Waals surface area contributed by atoms with Crippen LogP contribution in [0.5, 0.6) is 5.75 Å². The quantitative estimate of drug-likeness (QED) is 0.920. The molecule has 0 aliphatic carbocycles. The molecule has 0 spiro atoms. The molecule has 0 radical (unpaired) electrons. The number of rotatable bonds is 4. The SMILES string of the molecule is Cl.c1ncc(N2CCCC2)cc1OC[C@@H]1CCCN1. The molecule has 1 aromatic heterocycles. The zero-order valence-electron chi connectivity index (χ0n) is 11.2. The van der Waals surface area contributed by atoms with E-state index in [1.54, 1.807) is 0 Å². The van der Waals surface area contributed by atoms with E-state index in [1.165, 1.54) is 31.4 Å². The van der Waals surface area contributed by atoms with Crippen LogP contribution in [0.2, 0.25) is 0 Å². The van der Waals surface area contributed by atoms with Gasteiger partial charge in [0.25, 0.3) is 0 Å². The van der Waals surface area contributed by atoms with Crippen LogP contribution in [0.1, 0.15) is 25.7 Å². The summed E-state index contributed by atoms with van der Waals surface area (Å²) in [5.41, 5.74) is 1.20. The number of nitrogens with one attached hydrogen (secondary N) is 1. The van der Waals surface area contributed by atoms with Crippen molar-refractivity contribution >= 4 is 18.1 Å². The summed E-state index contributed by atoms with van der Waals surface area (Å²) in [6, 6.07) is 2.63. The molecule has 0 aromatic carbocycles. The third-order valence-corrected chi connectivity index (χ3v) is 3.78. The topological polar surface area (TPSA) is 37.4 Å². The van der Waals surface area contributed by atoms with E-state index >= 15 is 0 Å². The van der Waals surface area contributed by atoms with Crippen LogP contribution in [0.15, 0.2) is 18.5 Å². The van der Waals surface area contributed by atoms with Crippen molar-refractivity contribution in [3.05, 3.63) is 18.5 Å². The van der Waals surface area contributed by atoms with Gasteiger partial charge in [0.1, 0.15) is 12.4 Å². The minimum atomic E-state index is 0. The lowest BCUT2D eigenvalue weighted by Crippen LogP contribution is -2.28. The van der Waals surface area contributed by atoms with Gasteiger partial charge in [-0.2, -0.15) is 0 Å². The molecule has 0 bridgehead atoms. The highest BCUT2D eigenvalue weighted by Gasteiger charge is 2.16. The van der Waals surface area contributed by atoms with E-state index in [0.29, 0.717) is 6.04 Å². The Balaban J connectivity index is 0.00000133. The zero-order chi connectivity index (χ0) is 12.2. The van der Waals surface area contributed by atoms with Gasteiger partial charge in [0.2, 0.25) is 0 Å². The fraction of sp³-hybridized carbons (Fsp3) is 0.643. The third-order valence-electron chi connectivity index (χ3n) is 3.78. The van der Waals surface area contributed by atoms with Crippen molar-refractivity contribution in [1.82, 2.24) is 10.3 Å². The highest BCUT2D eigenvalue weighted by atomic mass is 35.5. The van der Waals surface area contributed by atoms with Crippen LogP contribution >= 0.6 is 12.4 Å². The van der Waals surface area contributed by atoms with Crippen LogP contribution in [0.4, 0.5) is 5.69 Å². The Morgan fingerprint density at radius 1 is 1.26 bits per heavy atom. The van der Waals surface area contributed by atoms with Gasteiger partial charge in [0, 0.05) is 25.2 Å². The lowest BCUT2D eigenvalue weighted by atomic mass is 10.2. The van der Waals surface area contributed by atoms with Crippen molar-refractivity contribution < 1.29 is 4.74 Å². The van der Waals surface area contributed by atoms with Crippen LogP contribution in [-0.2, 0) is 0 Å². The monoisotopic (exact) mass is 283 g/mol. The number of aromatic nitrogens is 1. The summed E-state index contributed by atoms with van der Waals surface area (Å²) in [4.78, 5) is 6.67. The summed E-state index contributed by atoms with van der Waals surface area (Å²) in [6.45, 7) is 4.18. The Hall–Kier alpha value is -1.00. The van der Waals surface area contributed by atoms with Crippen LogP contribution in [0.25, 0.3) is 0 Å². The highest BCUT2D eigenvalue weighted by Crippen LogP contribution is 2.23. The van der Waals surface area contributed by atoms with Crippen LogP contribution in [0.3, 0.4) is 0 Å². The summed E-state index contributed by atoms with van der Waals surface area (Å²) in [5.74, 6) is 0.896. The van der Waals surface area contributed by atoms with Gasteiger partial charge in [-0.05, 0) is 32.2 Å². The maximum Gasteiger partial charge on any atom is 0.139 e. The highest BCUT2D eigenvalue weighted by molar-refractivity contribution is 5.85. The number of hydrogen-bond acceptors (Lipinski definition) is 4. The first-order valence-electron chi connectivity index (χ1n) is 6.98. The van der Waals surface area contributed by atoms with E-state index in [-0.39, 0.29) is 12.4 Å². The molecule has 1 N–H and O–H groups in total. The van der Waals surface area contributed by atoms with Crippen LogP contribution in [0, 0.1) is 0 Å². The Kier molecular flexibility index (Phi) is 5.28. The molecule has 3 rings (SSSR count). The van der Waals surface area contributed by atoms with E-state index < -0.39 is 0 Å². The summed E-state index contributed by atoms with van der Waals surface area (Å²) in [7, 11) is 0. The normalized spacial score (nSPS) is 22.3. The molecule has 3 heterocycles. The maximum absolute atomic E-state index is 5.84. The van der Waals surface area contributed by atoms with Gasteiger partial charge in [-0.15, -0.1) is 12.4 Å². The second-order valence-corrected chi connectivity index (χ2v) is 5.18. The third kappa shape index (κ3) is 3.74. The van der Waals surface area contributed by atoms with Crippen LogP contribution in [-0.4, -0.2) is 37.3 Å². The molecule has 1 atom stereocenters. The van der Waals surface area contributed by atoms with Gasteiger partial charge in [-0.25, -0.2) is 0 Å². The van der Waals surface area contributed by atoms with Gasteiger partial charge in [0.15, 0.2) is 0 Å². The van der Waals surface area contributed by atoms with Crippen molar-refractivity contribution in [1.29, 1.82) is 0 Å². The minimum absolute atomic E-state index is 0. The Bertz CT molecular complexity index is 390. The number of pyridine rings is 1. The molecular formula is C14H22ClN3O. The average Bonchev–Trinajstić information content (AvgIpc) is 3.10. The summed E-state index contributed by atoms with van der Waals surface area (Å²) < 4.78 is 5.84. The fourth-order valence-electron chi connectivity index (χ4n) is 2.73. The zero-order valence-corrected chi connectivity index (χ0v) is 12.0. The van der Waals surface area contributed by atoms with E-state index in [9.17, 15) is 0 Å². The lowest BCUT2D eigenvalue weighted by molar-refractivity contribution is 0.276. The number of anilines is 1. The van der Waals surface area contributed by atoms with Gasteiger partial charge in [-0.1, -0.05) is 0 Å². The van der Waals surface area contributed by atoms with E-state index in [4.69, 9.17) is 4.74 Å². The van der Waals surface area contributed by atoms with Crippen molar-refractivity contribution in [2.75, 3.05) is 31.1 Å². The summed E-state index contributed by atoms with van der Waals surface area (Å²) in [5, 5.41) is 3.44. The van der Waals surface area contributed by atoms with Crippen molar-refractivity contribution in [3.8, 4) is 5.75 Å². The maximum atomic E-state index is 5.84. The second kappa shape index (κ2) is 6.96. The van der Waals surface area contributed by atoms with Gasteiger partial charge < -0.3 is 15.0 Å². The predicted molar refractivity (Wildman–Crippen MR) is 79.5 cm³/mol. The molecule has 19 heavy (non-hydrogen) atoms. The lowest BCUT2D eigenvalue weighted by Gasteiger charge is -2.18. The largest absolute Gasteiger partial charge is 0.490 e. The van der Waals surface area contributed by atoms with E-state index in [2.05, 4.69) is 21.3 Å². The Labute approximate surface area is 121 Å². The predicted octanol–water partition coefficient (Wildman–Crippen LogP) is 2.23. The van der Waals surface area contributed by atoms with Gasteiger partial charge in [0.05, 0.1) is 18.1 Å². The molecule has 0 unspecified atom stereocenters. The molecule has 2 aliphatic heterocycles. The Morgan fingerprint density at radius 2 is 2.11 bits per heavy atom. The Morgan fingerprint density at radius 3 is 2.84 bits per heavy atom. The first-order valence-corrected chi connectivity index (χ1v) is 6.98. The molecule has 4 nitrogen and oxygen atoms in total. The molecule has 2 aliphatic rings. The van der Waals surface area contributed by atoms with E-state index in [0.717, 1.165) is 32.0 Å². The van der Waals surface area contributed by atoms with Gasteiger partial charge >= 0.3 is 0 Å². The molecule has 0 saturated carbocycles. The molecule has 2 saturated heterocycles. The first kappa shape index (κ1) is 14.4. The second-order valence-electron chi connectivity index (χ2n) is 5.18. The number of hydrogen-bond donors (Lipinski definition) is 1. The van der Waals surface area contributed by atoms with Crippen molar-refractivity contribution in [2.45, 2.75) is 31.7 Å². The number of ether oxygens (including phenoxy) is 1. The standard InChI is InChI=1S/C14H21N3O.ClH/c1-2-7-17(6-1)13-8-14(10-15-9-13)18-11-12-4-3-5-16-12;/h8-10,12,16H,1-7,11H2;1H/t12-;/m0./s1.